The van der Waals surface area contributed by atoms with Crippen molar-refractivity contribution >= 4 is 35.8 Å². The van der Waals surface area contributed by atoms with Crippen LogP contribution in [0.25, 0.3) is 0 Å². The Morgan fingerprint density at radius 1 is 1.38 bits per heavy atom. The molecule has 140 valence electrons. The lowest BCUT2D eigenvalue weighted by Crippen LogP contribution is -2.40. The number of likely N-dealkylation sites (tertiary alicyclic amines) is 2. The van der Waals surface area contributed by atoms with Gasteiger partial charge in [-0.1, -0.05) is 13.8 Å². The molecule has 2 aliphatic heterocycles. The highest BCUT2D eigenvalue weighted by molar-refractivity contribution is 14.0. The fraction of sp³-hybridized carbons (Fsp3) is 0.889. The predicted octanol–water partition coefficient (Wildman–Crippen LogP) is 2.95. The maximum atomic E-state index is 11.6. The van der Waals surface area contributed by atoms with Crippen molar-refractivity contribution in [1.29, 1.82) is 0 Å². The van der Waals surface area contributed by atoms with Crippen molar-refractivity contribution in [3.8, 4) is 0 Å². The Balaban J connectivity index is 0.00000288. The maximum absolute atomic E-state index is 11.6. The molecule has 0 aromatic rings. The average molecular weight is 450 g/mol. The molecule has 0 saturated carbocycles. The lowest BCUT2D eigenvalue weighted by atomic mass is 9.97. The monoisotopic (exact) mass is 450 g/mol. The predicted molar refractivity (Wildman–Crippen MR) is 111 cm³/mol. The van der Waals surface area contributed by atoms with Crippen molar-refractivity contribution in [1.82, 2.24) is 15.1 Å². The molecule has 1 unspecified atom stereocenters. The van der Waals surface area contributed by atoms with E-state index in [1.165, 1.54) is 12.8 Å². The summed E-state index contributed by atoms with van der Waals surface area (Å²) in [5.41, 5.74) is 0. The number of nitrogens with zero attached hydrogens (tertiary/aromatic N) is 3. The number of carbonyl (C=O) groups is 1. The van der Waals surface area contributed by atoms with Crippen LogP contribution in [0, 0.1) is 11.8 Å². The van der Waals surface area contributed by atoms with Crippen LogP contribution >= 0.6 is 24.0 Å². The Labute approximate surface area is 164 Å². The van der Waals surface area contributed by atoms with Crippen LogP contribution in [0.2, 0.25) is 0 Å². The third-order valence-corrected chi connectivity index (χ3v) is 4.74. The normalized spacial score (nSPS) is 21.6. The Morgan fingerprint density at radius 3 is 2.79 bits per heavy atom. The topological polar surface area (TPSA) is 47.9 Å². The van der Waals surface area contributed by atoms with Crippen LogP contribution in [0.4, 0.5) is 0 Å². The molecule has 0 bridgehead atoms. The summed E-state index contributed by atoms with van der Waals surface area (Å²) in [6.45, 7) is 12.5. The van der Waals surface area contributed by atoms with Crippen LogP contribution in [-0.2, 0) is 4.79 Å². The van der Waals surface area contributed by atoms with Gasteiger partial charge in [0, 0.05) is 45.7 Å². The van der Waals surface area contributed by atoms with E-state index in [1.807, 2.05) is 4.90 Å². The van der Waals surface area contributed by atoms with Gasteiger partial charge in [-0.05, 0) is 44.4 Å². The summed E-state index contributed by atoms with van der Waals surface area (Å²) in [4.78, 5) is 20.8. The van der Waals surface area contributed by atoms with Crippen LogP contribution < -0.4 is 5.32 Å². The van der Waals surface area contributed by atoms with Gasteiger partial charge in [-0.3, -0.25) is 9.79 Å². The number of hydrogen-bond donors (Lipinski definition) is 1. The van der Waals surface area contributed by atoms with Gasteiger partial charge in [-0.15, -0.1) is 24.0 Å². The highest BCUT2D eigenvalue weighted by atomic mass is 127. The van der Waals surface area contributed by atoms with Gasteiger partial charge in [-0.25, -0.2) is 0 Å². The Bertz CT molecular complexity index is 414. The number of hydrogen-bond acceptors (Lipinski definition) is 2. The van der Waals surface area contributed by atoms with Crippen molar-refractivity contribution in [2.24, 2.45) is 16.8 Å². The van der Waals surface area contributed by atoms with Gasteiger partial charge >= 0.3 is 0 Å². The van der Waals surface area contributed by atoms with E-state index >= 15 is 0 Å². The van der Waals surface area contributed by atoms with E-state index in [2.05, 4.69) is 31.0 Å². The zero-order valence-electron chi connectivity index (χ0n) is 15.6. The number of guanidine groups is 1. The van der Waals surface area contributed by atoms with Gasteiger partial charge in [0.25, 0.3) is 0 Å². The molecular formula is C18H35IN4O. The summed E-state index contributed by atoms with van der Waals surface area (Å²) in [6, 6.07) is 0. The quantitative estimate of drug-likeness (QED) is 0.281. The zero-order chi connectivity index (χ0) is 16.7. The Kier molecular flexibility index (Phi) is 10.0. The number of carbonyl (C=O) groups excluding carboxylic acids is 1. The SMILES string of the molecule is CCNC(=NCCCN1CCCC1=O)N1CCC(CC(C)C)C1.I. The van der Waals surface area contributed by atoms with Gasteiger partial charge in [0.2, 0.25) is 5.91 Å². The van der Waals surface area contributed by atoms with Gasteiger partial charge in [0.05, 0.1) is 0 Å². The largest absolute Gasteiger partial charge is 0.357 e. The van der Waals surface area contributed by atoms with E-state index in [0.29, 0.717) is 5.91 Å². The highest BCUT2D eigenvalue weighted by Gasteiger charge is 2.25. The van der Waals surface area contributed by atoms with Gasteiger partial charge in [0.1, 0.15) is 0 Å². The molecule has 2 heterocycles. The molecular weight excluding hydrogens is 415 g/mol. The minimum atomic E-state index is 0. The average Bonchev–Trinajstić information content (AvgIpc) is 3.11. The molecule has 0 radical (unpaired) electrons. The summed E-state index contributed by atoms with van der Waals surface area (Å²) < 4.78 is 0. The van der Waals surface area contributed by atoms with E-state index < -0.39 is 0 Å². The molecule has 2 aliphatic rings. The fourth-order valence-electron chi connectivity index (χ4n) is 3.70. The second kappa shape index (κ2) is 11.2. The lowest BCUT2D eigenvalue weighted by Gasteiger charge is -2.22. The van der Waals surface area contributed by atoms with Crippen LogP contribution in [0.3, 0.4) is 0 Å². The smallest absolute Gasteiger partial charge is 0.222 e. The molecule has 0 aromatic heterocycles. The van der Waals surface area contributed by atoms with E-state index in [-0.39, 0.29) is 24.0 Å². The molecule has 6 heteroatoms. The molecule has 2 saturated heterocycles. The molecule has 1 amide bonds. The summed E-state index contributed by atoms with van der Waals surface area (Å²) >= 11 is 0. The van der Waals surface area contributed by atoms with Gasteiger partial charge in [-0.2, -0.15) is 0 Å². The van der Waals surface area contributed by atoms with Crippen molar-refractivity contribution < 1.29 is 4.79 Å². The number of aliphatic imine (C=N–C) groups is 1. The van der Waals surface area contributed by atoms with Gasteiger partial charge < -0.3 is 15.1 Å². The lowest BCUT2D eigenvalue weighted by molar-refractivity contribution is -0.127. The van der Waals surface area contributed by atoms with Crippen LogP contribution in [-0.4, -0.2) is 60.9 Å². The molecule has 2 fully saturated rings. The third kappa shape index (κ3) is 6.76. The summed E-state index contributed by atoms with van der Waals surface area (Å²) in [7, 11) is 0. The van der Waals surface area contributed by atoms with Gasteiger partial charge in [0.15, 0.2) is 5.96 Å². The second-order valence-electron chi connectivity index (χ2n) is 7.30. The summed E-state index contributed by atoms with van der Waals surface area (Å²) in [5, 5.41) is 3.43. The Hall–Kier alpha value is -0.530. The number of amides is 1. The number of rotatable bonds is 7. The summed E-state index contributed by atoms with van der Waals surface area (Å²) in [6.07, 6.45) is 5.31. The maximum Gasteiger partial charge on any atom is 0.222 e. The molecule has 0 aromatic carbocycles. The van der Waals surface area contributed by atoms with Crippen molar-refractivity contribution in [2.75, 3.05) is 39.3 Å². The number of halogens is 1. The van der Waals surface area contributed by atoms with E-state index in [1.54, 1.807) is 0 Å². The van der Waals surface area contributed by atoms with Crippen LogP contribution in [0.1, 0.15) is 52.9 Å². The number of nitrogens with one attached hydrogen (secondary N) is 1. The fourth-order valence-corrected chi connectivity index (χ4v) is 3.70. The van der Waals surface area contributed by atoms with E-state index in [4.69, 9.17) is 4.99 Å². The molecule has 0 aliphatic carbocycles. The Morgan fingerprint density at radius 2 is 2.17 bits per heavy atom. The minimum absolute atomic E-state index is 0. The zero-order valence-corrected chi connectivity index (χ0v) is 17.9. The molecule has 1 atom stereocenters. The third-order valence-electron chi connectivity index (χ3n) is 4.74. The van der Waals surface area contributed by atoms with Crippen molar-refractivity contribution in [3.05, 3.63) is 0 Å². The van der Waals surface area contributed by atoms with Crippen LogP contribution in [0.5, 0.6) is 0 Å². The highest BCUT2D eigenvalue weighted by Crippen LogP contribution is 2.23. The minimum Gasteiger partial charge on any atom is -0.357 e. The van der Waals surface area contributed by atoms with Crippen molar-refractivity contribution in [2.45, 2.75) is 52.9 Å². The first kappa shape index (κ1) is 21.5. The van der Waals surface area contributed by atoms with E-state index in [0.717, 1.165) is 76.3 Å². The second-order valence-corrected chi connectivity index (χ2v) is 7.30. The summed E-state index contributed by atoms with van der Waals surface area (Å²) in [5.74, 6) is 2.96. The standard InChI is InChI=1S/C18H34N4O.HI/c1-4-19-18(22-12-8-16(14-22)13-15(2)3)20-9-6-11-21-10-5-7-17(21)23;/h15-16H,4-14H2,1-3H3,(H,19,20);1H. The van der Waals surface area contributed by atoms with Crippen LogP contribution in [0.15, 0.2) is 4.99 Å². The molecule has 5 nitrogen and oxygen atoms in total. The molecule has 0 spiro atoms. The first-order chi connectivity index (χ1) is 11.1. The first-order valence-electron chi connectivity index (χ1n) is 9.41. The first-order valence-corrected chi connectivity index (χ1v) is 9.41. The molecule has 1 N–H and O–H groups in total. The van der Waals surface area contributed by atoms with Crippen molar-refractivity contribution in [3.63, 3.8) is 0 Å². The van der Waals surface area contributed by atoms with E-state index in [9.17, 15) is 4.79 Å². The molecule has 2 rings (SSSR count). The molecule has 24 heavy (non-hydrogen) atoms.